The highest BCUT2D eigenvalue weighted by molar-refractivity contribution is 7.99. The number of aromatic nitrogens is 2. The van der Waals surface area contributed by atoms with Crippen LogP contribution in [0.15, 0.2) is 15.7 Å². The summed E-state index contributed by atoms with van der Waals surface area (Å²) in [5.41, 5.74) is -0.692. The molecule has 0 fully saturated rings. The Labute approximate surface area is 149 Å². The van der Waals surface area contributed by atoms with Crippen molar-refractivity contribution in [3.05, 3.63) is 38.2 Å². The van der Waals surface area contributed by atoms with E-state index in [1.54, 1.807) is 18.7 Å². The lowest BCUT2D eigenvalue weighted by Gasteiger charge is -2.15. The van der Waals surface area contributed by atoms with Crippen LogP contribution in [-0.2, 0) is 14.3 Å². The highest BCUT2D eigenvalue weighted by atomic mass is 32.2. The number of hydrogen-bond donors (Lipinski definition) is 3. The average molecular weight is 369 g/mol. The lowest BCUT2D eigenvalue weighted by Crippen LogP contribution is -2.42. The van der Waals surface area contributed by atoms with E-state index < -0.39 is 29.2 Å². The van der Waals surface area contributed by atoms with Gasteiger partial charge in [-0.3, -0.25) is 14.6 Å². The number of nitrogens with one attached hydrogen (secondary N) is 3. The predicted octanol–water partition coefficient (Wildman–Crippen LogP) is 0.576. The van der Waals surface area contributed by atoms with Crippen molar-refractivity contribution in [2.75, 3.05) is 18.6 Å². The van der Waals surface area contributed by atoms with Crippen molar-refractivity contribution in [2.24, 2.45) is 0 Å². The Balaban J connectivity index is 2.75. The van der Waals surface area contributed by atoms with Crippen molar-refractivity contribution < 1.29 is 14.3 Å². The largest absolute Gasteiger partial charge is 0.467 e. The highest BCUT2D eigenvalue weighted by Gasteiger charge is 2.20. The third kappa shape index (κ3) is 7.00. The molecule has 1 aromatic heterocycles. The van der Waals surface area contributed by atoms with E-state index in [9.17, 15) is 19.2 Å². The summed E-state index contributed by atoms with van der Waals surface area (Å²) in [6.07, 6.45) is 4.51. The number of aryl methyl sites for hydroxylation is 1. The first-order valence-electron chi connectivity index (χ1n) is 7.86. The van der Waals surface area contributed by atoms with Crippen molar-refractivity contribution in [1.29, 1.82) is 0 Å². The number of hydrogen-bond acceptors (Lipinski definition) is 6. The summed E-state index contributed by atoms with van der Waals surface area (Å²) in [4.78, 5) is 51.2. The van der Waals surface area contributed by atoms with Crippen LogP contribution in [0.4, 0.5) is 0 Å². The second-order valence-electron chi connectivity index (χ2n) is 5.29. The van der Waals surface area contributed by atoms with Crippen LogP contribution < -0.4 is 16.6 Å². The number of aromatic amines is 2. The summed E-state index contributed by atoms with van der Waals surface area (Å²) in [7, 11) is 1.26. The minimum absolute atomic E-state index is 0.168. The Kier molecular flexibility index (Phi) is 8.76. The molecule has 1 heterocycles. The summed E-state index contributed by atoms with van der Waals surface area (Å²) in [6.45, 7) is 3.63. The van der Waals surface area contributed by atoms with Crippen LogP contribution in [0.2, 0.25) is 0 Å². The summed E-state index contributed by atoms with van der Waals surface area (Å²) in [5, 5.41) is 2.56. The van der Waals surface area contributed by atoms with Gasteiger partial charge in [-0.25, -0.2) is 9.59 Å². The van der Waals surface area contributed by atoms with Crippen LogP contribution in [0.1, 0.15) is 31.0 Å². The third-order valence-electron chi connectivity index (χ3n) is 3.31. The molecule has 0 radical (unpaired) electrons. The Morgan fingerprint density at radius 1 is 1.32 bits per heavy atom. The van der Waals surface area contributed by atoms with Gasteiger partial charge < -0.3 is 15.0 Å². The van der Waals surface area contributed by atoms with Gasteiger partial charge in [-0.1, -0.05) is 13.3 Å². The molecule has 0 saturated heterocycles. The van der Waals surface area contributed by atoms with E-state index in [1.165, 1.54) is 13.2 Å². The number of ether oxygens (including phenoxy) is 1. The van der Waals surface area contributed by atoms with Crippen LogP contribution >= 0.6 is 11.8 Å². The Morgan fingerprint density at radius 3 is 2.64 bits per heavy atom. The van der Waals surface area contributed by atoms with E-state index in [0.29, 0.717) is 11.4 Å². The molecule has 3 N–H and O–H groups in total. The lowest BCUT2D eigenvalue weighted by atomic mass is 10.2. The number of esters is 1. The number of amides is 1. The third-order valence-corrected chi connectivity index (χ3v) is 4.45. The van der Waals surface area contributed by atoms with Crippen LogP contribution in [0, 0.1) is 6.92 Å². The maximum Gasteiger partial charge on any atom is 0.329 e. The van der Waals surface area contributed by atoms with Crippen LogP contribution in [0.25, 0.3) is 6.08 Å². The second kappa shape index (κ2) is 10.5. The van der Waals surface area contributed by atoms with Gasteiger partial charge in [0.15, 0.2) is 0 Å². The van der Waals surface area contributed by atoms with Crippen molar-refractivity contribution in [1.82, 2.24) is 15.3 Å². The zero-order valence-electron chi connectivity index (χ0n) is 14.5. The Morgan fingerprint density at radius 2 is 2.04 bits per heavy atom. The summed E-state index contributed by atoms with van der Waals surface area (Å²) >= 11 is 1.56. The van der Waals surface area contributed by atoms with E-state index >= 15 is 0 Å². The number of carbonyl (C=O) groups excluding carboxylic acids is 2. The molecule has 0 bridgehead atoms. The summed E-state index contributed by atoms with van der Waals surface area (Å²) in [6, 6.07) is -0.765. The first-order valence-corrected chi connectivity index (χ1v) is 9.01. The molecule has 0 aliphatic heterocycles. The smallest absolute Gasteiger partial charge is 0.329 e. The van der Waals surface area contributed by atoms with E-state index in [0.717, 1.165) is 24.7 Å². The van der Waals surface area contributed by atoms with Crippen LogP contribution in [0.5, 0.6) is 0 Å². The number of methoxy groups -OCH3 is 1. The van der Waals surface area contributed by atoms with Crippen molar-refractivity contribution in [2.45, 2.75) is 32.7 Å². The molecular formula is C16H23N3O5S. The number of rotatable bonds is 9. The molecule has 0 aliphatic carbocycles. The van der Waals surface area contributed by atoms with Gasteiger partial charge in [0, 0.05) is 17.5 Å². The quantitative estimate of drug-likeness (QED) is 0.332. The van der Waals surface area contributed by atoms with E-state index in [1.807, 2.05) is 0 Å². The molecule has 25 heavy (non-hydrogen) atoms. The maximum atomic E-state index is 12.0. The molecule has 9 heteroatoms. The topological polar surface area (TPSA) is 121 Å². The first-order chi connectivity index (χ1) is 11.9. The molecular weight excluding hydrogens is 346 g/mol. The average Bonchev–Trinajstić information content (AvgIpc) is 2.55. The molecule has 0 spiro atoms. The number of thioether (sulfide) groups is 1. The number of H-pyrrole nitrogens is 2. The Hall–Kier alpha value is -2.29. The zero-order chi connectivity index (χ0) is 18.8. The van der Waals surface area contributed by atoms with Crippen molar-refractivity contribution >= 4 is 29.7 Å². The molecule has 1 amide bonds. The summed E-state index contributed by atoms with van der Waals surface area (Å²) in [5.74, 6) is 0.243. The van der Waals surface area contributed by atoms with Gasteiger partial charge in [0.1, 0.15) is 6.04 Å². The molecule has 1 atom stereocenters. The molecule has 0 unspecified atom stereocenters. The molecule has 8 nitrogen and oxygen atoms in total. The fourth-order valence-corrected chi connectivity index (χ4v) is 3.06. The van der Waals surface area contributed by atoms with Crippen LogP contribution in [0.3, 0.4) is 0 Å². The predicted molar refractivity (Wildman–Crippen MR) is 97.6 cm³/mol. The van der Waals surface area contributed by atoms with Gasteiger partial charge in [-0.2, -0.15) is 11.8 Å². The Bertz CT molecular complexity index is 738. The van der Waals surface area contributed by atoms with Gasteiger partial charge in [0.2, 0.25) is 5.91 Å². The van der Waals surface area contributed by atoms with Gasteiger partial charge >= 0.3 is 11.7 Å². The summed E-state index contributed by atoms with van der Waals surface area (Å²) < 4.78 is 4.70. The van der Waals surface area contributed by atoms with Gasteiger partial charge in [-0.15, -0.1) is 0 Å². The standard InChI is InChI=1S/C16H23N3O5S/c1-4-5-8-25-9-12(15(22)24-3)18-13(20)7-6-11-10(2)17-16(23)19-14(11)21/h6-7,12H,4-5,8-9H2,1-3H3,(H,18,20)(H2,17,19,21,23)/b7-6-/t12-/m0/s1. The van der Waals surface area contributed by atoms with Gasteiger partial charge in [0.05, 0.1) is 12.7 Å². The molecule has 0 aromatic carbocycles. The molecule has 1 rings (SSSR count). The normalized spacial score (nSPS) is 12.1. The highest BCUT2D eigenvalue weighted by Crippen LogP contribution is 2.08. The van der Waals surface area contributed by atoms with Gasteiger partial charge in [0.25, 0.3) is 5.56 Å². The van der Waals surface area contributed by atoms with Gasteiger partial charge in [-0.05, 0) is 25.2 Å². The monoisotopic (exact) mass is 369 g/mol. The van der Waals surface area contributed by atoms with E-state index in [-0.39, 0.29) is 5.56 Å². The maximum absolute atomic E-state index is 12.0. The van der Waals surface area contributed by atoms with Crippen LogP contribution in [-0.4, -0.2) is 46.5 Å². The lowest BCUT2D eigenvalue weighted by molar-refractivity contribution is -0.143. The molecule has 0 saturated carbocycles. The number of carbonyl (C=O) groups is 2. The zero-order valence-corrected chi connectivity index (χ0v) is 15.3. The van der Waals surface area contributed by atoms with E-state index in [2.05, 4.69) is 22.2 Å². The molecule has 138 valence electrons. The number of unbranched alkanes of at least 4 members (excludes halogenated alkanes) is 1. The SMILES string of the molecule is CCCCSC[C@H](NC(=O)/C=C\c1c(C)[nH]c(=O)[nH]c1=O)C(=O)OC. The van der Waals surface area contributed by atoms with E-state index in [4.69, 9.17) is 4.74 Å². The molecule has 1 aromatic rings. The first kappa shape index (κ1) is 20.8. The fourth-order valence-electron chi connectivity index (χ4n) is 1.95. The van der Waals surface area contributed by atoms with Crippen molar-refractivity contribution in [3.8, 4) is 0 Å². The minimum Gasteiger partial charge on any atom is -0.467 e. The van der Waals surface area contributed by atoms with Crippen molar-refractivity contribution in [3.63, 3.8) is 0 Å². The second-order valence-corrected chi connectivity index (χ2v) is 6.44. The molecule has 0 aliphatic rings. The minimum atomic E-state index is -0.765. The fraction of sp³-hybridized carbons (Fsp3) is 0.500.